The predicted octanol–water partition coefficient (Wildman–Crippen LogP) is 21.6. The van der Waals surface area contributed by atoms with Gasteiger partial charge in [-0.25, -0.2) is 0 Å². The Labute approximate surface area is 538 Å². The lowest BCUT2D eigenvalue weighted by molar-refractivity contribution is -0.870. The highest BCUT2D eigenvalue weighted by atomic mass is 31.2. The summed E-state index contributed by atoms with van der Waals surface area (Å²) in [5, 5.41) is 0. The lowest BCUT2D eigenvalue weighted by Crippen LogP contribution is -2.37. The minimum absolute atomic E-state index is 0.0529. The highest BCUT2D eigenvalue weighted by molar-refractivity contribution is 7.45. The Hall–Kier alpha value is -5.41. The molecule has 10 heteroatoms. The SMILES string of the molecule is CC/C=C\C/C=C\C/C=C\C/C=C\C/C=C\C/C=C\C/C=C\C/C=C\C/C=C\C/C=C\CCCCC(=O)OC(COC(=O)CCCCCCCCCCC/C=C\C/C=C\C/C=C\C/C=C\C/C=C\C/C=C\C/C=C\CC)COP(=O)([O-])OCC[N+](C)(C)C. The van der Waals surface area contributed by atoms with E-state index in [2.05, 4.69) is 220 Å². The van der Waals surface area contributed by atoms with E-state index in [1.54, 1.807) is 0 Å². The van der Waals surface area contributed by atoms with E-state index >= 15 is 0 Å². The average molecular weight is 1230 g/mol. The van der Waals surface area contributed by atoms with E-state index in [9.17, 15) is 19.0 Å². The van der Waals surface area contributed by atoms with Gasteiger partial charge in [-0.2, -0.15) is 0 Å². The Bertz CT molecular complexity index is 2240. The van der Waals surface area contributed by atoms with Crippen LogP contribution in [0.5, 0.6) is 0 Å². The van der Waals surface area contributed by atoms with E-state index in [0.717, 1.165) is 148 Å². The van der Waals surface area contributed by atoms with Gasteiger partial charge in [0.25, 0.3) is 7.82 Å². The summed E-state index contributed by atoms with van der Waals surface area (Å²) in [7, 11) is 1.10. The molecule has 0 aromatic carbocycles. The molecule has 0 saturated carbocycles. The minimum atomic E-state index is -4.67. The first-order valence-corrected chi connectivity index (χ1v) is 35.3. The van der Waals surface area contributed by atoms with Crippen LogP contribution >= 0.6 is 7.82 Å². The Kier molecular flexibility index (Phi) is 62.0. The highest BCUT2D eigenvalue weighted by Crippen LogP contribution is 2.38. The number of likely N-dealkylation sites (N-methyl/N-ethyl adjacent to an activating group) is 1. The first-order chi connectivity index (χ1) is 43.0. The van der Waals surface area contributed by atoms with Crippen molar-refractivity contribution in [3.8, 4) is 0 Å². The number of carbonyl (C=O) groups excluding carboxylic acids is 2. The van der Waals surface area contributed by atoms with Crippen molar-refractivity contribution in [1.82, 2.24) is 0 Å². The summed E-state index contributed by atoms with van der Waals surface area (Å²) in [6, 6.07) is 0. The molecule has 0 aromatic rings. The second-order valence-corrected chi connectivity index (χ2v) is 24.1. The number of hydrogen-bond donors (Lipinski definition) is 0. The molecule has 0 heterocycles. The zero-order valence-electron chi connectivity index (χ0n) is 55.8. The molecule has 88 heavy (non-hydrogen) atoms. The van der Waals surface area contributed by atoms with E-state index in [1.807, 2.05) is 21.1 Å². The van der Waals surface area contributed by atoms with E-state index < -0.39 is 32.5 Å². The maximum absolute atomic E-state index is 12.8. The van der Waals surface area contributed by atoms with Gasteiger partial charge in [0.05, 0.1) is 27.7 Å². The fourth-order valence-corrected chi connectivity index (χ4v) is 8.92. The van der Waals surface area contributed by atoms with Gasteiger partial charge < -0.3 is 27.9 Å². The predicted molar refractivity (Wildman–Crippen MR) is 378 cm³/mol. The zero-order chi connectivity index (χ0) is 64.1. The van der Waals surface area contributed by atoms with Crippen LogP contribution in [0, 0.1) is 0 Å². The number of allylic oxidation sites excluding steroid dienone is 34. The van der Waals surface area contributed by atoms with E-state index in [4.69, 9.17) is 18.5 Å². The average Bonchev–Trinajstić information content (AvgIpc) is 3.56. The van der Waals surface area contributed by atoms with Crippen LogP contribution in [0.25, 0.3) is 0 Å². The molecule has 0 rings (SSSR count). The standard InChI is InChI=1S/C78H122NO8P/c1-6-8-10-12-14-16-18-20-22-24-26-28-30-32-34-36-38-39-41-43-45-47-49-51-53-55-57-59-61-63-65-67-69-71-78(81)87-76(75-86-88(82,83)85-73-72-79(3,4)5)74-84-77(80)70-68-66-64-62-60-58-56-54-52-50-48-46-44-42-40-37-35-33-31-29-27-25-23-21-19-17-15-13-11-9-7-2/h8-11,14-17,20-23,26-29,32-35,38-40,42-43,45-46,48-49,51,55,57,61,63,76H,6-7,12-13,18-19,24-25,30-31,36-37,41,44,47,50,52-54,56,58-60,62,64-75H2,1-5H3/b10-8-,11-9-,16-14-,17-15-,22-20-,23-21-,28-26-,29-27-,34-32-,35-33-,39-38-,42-40-,45-43-,48-46-,51-49-,57-55-,63-61-. The summed E-state index contributed by atoms with van der Waals surface area (Å²) < 4.78 is 34.2. The molecule has 0 amide bonds. The number of quaternary nitrogens is 1. The van der Waals surface area contributed by atoms with Gasteiger partial charge in [-0.15, -0.1) is 0 Å². The summed E-state index contributed by atoms with van der Waals surface area (Å²) in [6.45, 7) is 3.92. The molecule has 0 saturated heterocycles. The lowest BCUT2D eigenvalue weighted by Gasteiger charge is -2.28. The van der Waals surface area contributed by atoms with Gasteiger partial charge in [0.2, 0.25) is 0 Å². The number of ether oxygens (including phenoxy) is 2. The highest BCUT2D eigenvalue weighted by Gasteiger charge is 2.22. The van der Waals surface area contributed by atoms with Gasteiger partial charge >= 0.3 is 11.9 Å². The van der Waals surface area contributed by atoms with Gasteiger partial charge in [-0.3, -0.25) is 14.2 Å². The first kappa shape index (κ1) is 82.6. The van der Waals surface area contributed by atoms with Gasteiger partial charge in [-0.1, -0.05) is 265 Å². The van der Waals surface area contributed by atoms with Gasteiger partial charge in [0.15, 0.2) is 6.10 Å². The van der Waals surface area contributed by atoms with Gasteiger partial charge in [-0.05, 0) is 148 Å². The number of esters is 2. The van der Waals surface area contributed by atoms with Crippen LogP contribution in [-0.4, -0.2) is 70.0 Å². The third kappa shape index (κ3) is 69.7. The molecule has 0 radical (unpaired) electrons. The molecular formula is C78H122NO8P. The summed E-state index contributed by atoms with van der Waals surface area (Å²) in [5.74, 6) is -0.909. The van der Waals surface area contributed by atoms with E-state index in [1.165, 1.54) is 32.1 Å². The fraction of sp³-hybridized carbons (Fsp3) is 0.538. The molecule has 492 valence electrons. The second-order valence-electron chi connectivity index (χ2n) is 22.7. The van der Waals surface area contributed by atoms with Crippen molar-refractivity contribution in [1.29, 1.82) is 0 Å². The fourth-order valence-electron chi connectivity index (χ4n) is 8.19. The molecule has 2 atom stereocenters. The molecule has 0 N–H and O–H groups in total. The maximum Gasteiger partial charge on any atom is 0.306 e. The summed E-state index contributed by atoms with van der Waals surface area (Å²) >= 11 is 0. The number of unbranched alkanes of at least 4 members (excludes halogenated alkanes) is 11. The second kappa shape index (κ2) is 66.0. The Balaban J connectivity index is 4.27. The quantitative estimate of drug-likeness (QED) is 0.0195. The molecule has 0 aliphatic rings. The first-order valence-electron chi connectivity index (χ1n) is 33.8. The van der Waals surface area contributed by atoms with E-state index in [0.29, 0.717) is 23.9 Å². The molecule has 9 nitrogen and oxygen atoms in total. The van der Waals surface area contributed by atoms with Crippen molar-refractivity contribution in [2.75, 3.05) is 47.5 Å². The van der Waals surface area contributed by atoms with Crippen LogP contribution in [0.3, 0.4) is 0 Å². The summed E-state index contributed by atoms with van der Waals surface area (Å²) in [4.78, 5) is 38.0. The van der Waals surface area contributed by atoms with Crippen molar-refractivity contribution in [3.05, 3.63) is 207 Å². The number of carbonyl (C=O) groups is 2. The number of nitrogens with zero attached hydrogens (tertiary/aromatic N) is 1. The van der Waals surface area contributed by atoms with Crippen LogP contribution < -0.4 is 4.89 Å². The van der Waals surface area contributed by atoms with Crippen LogP contribution in [0.4, 0.5) is 0 Å². The third-order valence-electron chi connectivity index (χ3n) is 13.3. The molecular weight excluding hydrogens is 1110 g/mol. The monoisotopic (exact) mass is 1230 g/mol. The zero-order valence-corrected chi connectivity index (χ0v) is 56.7. The topological polar surface area (TPSA) is 111 Å². The number of hydrogen-bond acceptors (Lipinski definition) is 8. The van der Waals surface area contributed by atoms with Crippen LogP contribution in [0.15, 0.2) is 207 Å². The minimum Gasteiger partial charge on any atom is -0.756 e. The molecule has 0 aliphatic heterocycles. The largest absolute Gasteiger partial charge is 0.756 e. The van der Waals surface area contributed by atoms with Crippen LogP contribution in [-0.2, 0) is 32.7 Å². The van der Waals surface area contributed by atoms with Crippen molar-refractivity contribution in [3.63, 3.8) is 0 Å². The van der Waals surface area contributed by atoms with Gasteiger partial charge in [0.1, 0.15) is 19.8 Å². The normalized spacial score (nSPS) is 14.5. The Morgan fingerprint density at radius 2 is 0.614 bits per heavy atom. The number of rotatable bonds is 59. The summed E-state index contributed by atoms with van der Waals surface area (Å²) in [6.07, 6.45) is 105. The molecule has 0 aromatic heterocycles. The van der Waals surface area contributed by atoms with Crippen molar-refractivity contribution >= 4 is 19.8 Å². The molecule has 0 fully saturated rings. The van der Waals surface area contributed by atoms with Gasteiger partial charge in [0, 0.05) is 12.8 Å². The molecule has 0 aliphatic carbocycles. The maximum atomic E-state index is 12.8. The van der Waals surface area contributed by atoms with Crippen molar-refractivity contribution < 1.29 is 42.1 Å². The van der Waals surface area contributed by atoms with Crippen molar-refractivity contribution in [2.24, 2.45) is 0 Å². The number of phosphoric ester groups is 1. The van der Waals surface area contributed by atoms with Crippen LogP contribution in [0.2, 0.25) is 0 Å². The Morgan fingerprint density at radius 3 is 0.932 bits per heavy atom. The molecule has 2 unspecified atom stereocenters. The molecule has 0 spiro atoms. The Morgan fingerprint density at radius 1 is 0.352 bits per heavy atom. The van der Waals surface area contributed by atoms with E-state index in [-0.39, 0.29) is 26.1 Å². The lowest BCUT2D eigenvalue weighted by atomic mass is 10.1. The summed E-state index contributed by atoms with van der Waals surface area (Å²) in [5.41, 5.74) is 0. The van der Waals surface area contributed by atoms with Crippen LogP contribution in [0.1, 0.15) is 219 Å². The molecule has 0 bridgehead atoms. The number of phosphoric acid groups is 1. The smallest absolute Gasteiger partial charge is 0.306 e. The van der Waals surface area contributed by atoms with Crippen molar-refractivity contribution in [2.45, 2.75) is 225 Å². The third-order valence-corrected chi connectivity index (χ3v) is 14.3.